The van der Waals surface area contributed by atoms with Gasteiger partial charge in [-0.15, -0.1) is 0 Å². The van der Waals surface area contributed by atoms with E-state index in [4.69, 9.17) is 13.2 Å². The maximum Gasteiger partial charge on any atom is 0 e. The Morgan fingerprint density at radius 1 is 0.889 bits per heavy atom. The maximum absolute atomic E-state index is 8.97. The minimum absolute atomic E-state index is 0. The molecule has 0 heterocycles. The van der Waals surface area contributed by atoms with Crippen molar-refractivity contribution >= 4 is 44.5 Å². The van der Waals surface area contributed by atoms with Gasteiger partial charge < -0.3 is 16.4 Å². The van der Waals surface area contributed by atoms with Gasteiger partial charge in [0.1, 0.15) is 0 Å². The summed E-state index contributed by atoms with van der Waals surface area (Å²) < 4.78 is 30.8. The van der Waals surface area contributed by atoms with Crippen LogP contribution in [0.3, 0.4) is 0 Å². The van der Waals surface area contributed by atoms with Crippen molar-refractivity contribution in [2.45, 2.75) is 0 Å². The molecule has 3 radical (unpaired) electrons. The van der Waals surface area contributed by atoms with E-state index in [1.807, 2.05) is 0 Å². The van der Waals surface area contributed by atoms with E-state index in [-0.39, 0.29) is 40.9 Å². The molecule has 0 aliphatic rings. The van der Waals surface area contributed by atoms with Crippen LogP contribution in [0.15, 0.2) is 0 Å². The molecule has 61 valence electrons. The van der Waals surface area contributed by atoms with Gasteiger partial charge in [-0.25, -0.2) is 0 Å². The minimum Gasteiger partial charge on any atom is 0 e. The van der Waals surface area contributed by atoms with Crippen LogP contribution >= 0.6 is 0 Å². The summed E-state index contributed by atoms with van der Waals surface area (Å²) >= 11 is -5.35. The zero-order valence-electron chi connectivity index (χ0n) is 4.14. The van der Waals surface area contributed by atoms with Crippen molar-refractivity contribution < 1.29 is 29.6 Å². The van der Waals surface area contributed by atoms with E-state index in [2.05, 4.69) is 0 Å². The molecule has 0 saturated carbocycles. The summed E-state index contributed by atoms with van der Waals surface area (Å²) in [4.78, 5) is 0. The van der Waals surface area contributed by atoms with Gasteiger partial charge in [0.05, 0.1) is 0 Å². The smallest absolute Gasteiger partial charge is 0 e. The summed E-state index contributed by atoms with van der Waals surface area (Å²) in [5.41, 5.74) is 0. The fourth-order valence-corrected chi connectivity index (χ4v) is 0. The fourth-order valence-electron chi connectivity index (χ4n) is 0. The van der Waals surface area contributed by atoms with Crippen LogP contribution in [0.5, 0.6) is 0 Å². The molecule has 9 heteroatoms. The molecule has 0 aliphatic carbocycles. The molecule has 0 aliphatic heterocycles. The van der Waals surface area contributed by atoms with Gasteiger partial charge in [0.15, 0.2) is 0 Å². The third kappa shape index (κ3) is 333. The van der Waals surface area contributed by atoms with Crippen molar-refractivity contribution in [1.82, 2.24) is 0 Å². The summed E-state index contributed by atoms with van der Waals surface area (Å²) in [6, 6.07) is 0. The molecule has 0 unspecified atom stereocenters. The van der Waals surface area contributed by atoms with Crippen LogP contribution in [0.25, 0.3) is 0 Å². The van der Waals surface area contributed by atoms with Crippen molar-refractivity contribution in [2.75, 3.05) is 0 Å². The molecule has 0 fully saturated rings. The summed E-state index contributed by atoms with van der Waals surface area (Å²) in [7, 11) is 0. The Labute approximate surface area is 73.8 Å². The molecule has 7 nitrogen and oxygen atoms in total. The topological polar surface area (TPSA) is 172 Å². The van der Waals surface area contributed by atoms with E-state index in [0.29, 0.717) is 0 Å². The van der Waals surface area contributed by atoms with E-state index in [1.165, 1.54) is 0 Å². The van der Waals surface area contributed by atoms with Gasteiger partial charge in [-0.1, -0.05) is 0 Å². The average Bonchev–Trinajstić information content (AvgIpc) is 0.722. The van der Waals surface area contributed by atoms with Crippen LogP contribution in [-0.2, 0) is 3.02 Å². The first-order valence-corrected chi connectivity index (χ1v) is 5.25. The van der Waals surface area contributed by atoms with Crippen LogP contribution in [0.4, 0.5) is 0 Å². The third-order valence-electron chi connectivity index (χ3n) is 0. The first-order valence-electron chi connectivity index (χ1n) is 0.783. The predicted octanol–water partition coefficient (Wildman–Crippen LogP) is -5.03. The zero-order chi connectivity index (χ0) is 4.50. The fraction of sp³-hybridized carbons (Fsp3) is 0. The summed E-state index contributed by atoms with van der Waals surface area (Å²) in [6.07, 6.45) is 0. The van der Waals surface area contributed by atoms with Gasteiger partial charge in [-0.2, -0.15) is 0 Å². The molecule has 0 atom stereocenters. The van der Waals surface area contributed by atoms with Crippen molar-refractivity contribution in [3.05, 3.63) is 0 Å². The molecular weight excluding hydrogens is 356 g/mol. The molecule has 9 heavy (non-hydrogen) atoms. The molecule has 0 amide bonds. The normalized spacial score (nSPS) is 6.56. The summed E-state index contributed by atoms with van der Waals surface area (Å²) in [6.45, 7) is 0. The Kier molecular flexibility index (Phi) is 42.3. The van der Waals surface area contributed by atoms with E-state index in [0.717, 1.165) is 0 Å². The van der Waals surface area contributed by atoms with E-state index in [9.17, 15) is 0 Å². The molecule has 0 aromatic carbocycles. The van der Waals surface area contributed by atoms with Crippen molar-refractivity contribution in [3.63, 3.8) is 0 Å². The van der Waals surface area contributed by atoms with Gasteiger partial charge >= 0.3 is 33.2 Å². The molecule has 0 bridgehead atoms. The van der Waals surface area contributed by atoms with Gasteiger partial charge in [0.2, 0.25) is 0 Å². The van der Waals surface area contributed by atoms with Gasteiger partial charge in [-0.3, -0.25) is 0 Å². The number of hydrogen-bond acceptors (Lipinski definition) is 1. The molecule has 0 aromatic rings. The molecular formula is H9O7Sb2. The summed E-state index contributed by atoms with van der Waals surface area (Å²) in [5, 5.41) is 0. The standard InChI is InChI=1S/6H2O.O.2Sb/h6*1H2;;;/q;;;;;;;;+3/p-3. The van der Waals surface area contributed by atoms with E-state index in [1.54, 1.807) is 0 Å². The molecule has 0 spiro atoms. The SMILES string of the molecule is O.O.O.[O]=[Sb]([OH])([OH])[OH].[Sb]. The Hall–Kier alpha value is 1.20. The average molecular weight is 365 g/mol. The first kappa shape index (κ1) is 31.9. The Morgan fingerprint density at radius 2 is 0.889 bits per heavy atom. The minimum atomic E-state index is -5.35. The van der Waals surface area contributed by atoms with Crippen LogP contribution in [-0.4, -0.2) is 71.1 Å². The second-order valence-electron chi connectivity index (χ2n) is 0.513. The van der Waals surface area contributed by atoms with Crippen LogP contribution in [0.2, 0.25) is 0 Å². The Bertz CT molecular complexity index is 53.1. The van der Waals surface area contributed by atoms with Gasteiger partial charge in [0, 0.05) is 24.4 Å². The first-order chi connectivity index (χ1) is 2.00. The quantitative estimate of drug-likeness (QED) is 0.365. The van der Waals surface area contributed by atoms with Crippen LogP contribution in [0, 0.1) is 0 Å². The second kappa shape index (κ2) is 11.9. The number of hydrogen-bond donors (Lipinski definition) is 3. The van der Waals surface area contributed by atoms with Crippen molar-refractivity contribution in [2.24, 2.45) is 0 Å². The Morgan fingerprint density at radius 3 is 0.889 bits per heavy atom. The van der Waals surface area contributed by atoms with E-state index >= 15 is 0 Å². The third-order valence-corrected chi connectivity index (χ3v) is 0. The molecule has 9 N–H and O–H groups in total. The molecule has 0 rings (SSSR count). The second-order valence-corrected chi connectivity index (χ2v) is 3.44. The largest absolute Gasteiger partial charge is 0 e. The van der Waals surface area contributed by atoms with Crippen molar-refractivity contribution in [1.29, 1.82) is 0 Å². The van der Waals surface area contributed by atoms with E-state index < -0.39 is 20.1 Å². The van der Waals surface area contributed by atoms with Crippen LogP contribution < -0.4 is 0 Å². The van der Waals surface area contributed by atoms with Gasteiger partial charge in [0.25, 0.3) is 0 Å². The van der Waals surface area contributed by atoms with Crippen molar-refractivity contribution in [3.8, 4) is 0 Å². The van der Waals surface area contributed by atoms with Gasteiger partial charge in [-0.05, 0) is 0 Å². The molecule has 0 saturated heterocycles. The predicted molar refractivity (Wildman–Crippen MR) is 29.7 cm³/mol. The monoisotopic (exact) mass is 363 g/mol. The van der Waals surface area contributed by atoms with Crippen LogP contribution in [0.1, 0.15) is 0 Å². The Balaban J connectivity index is -0.0000000133. The zero-order valence-corrected chi connectivity index (χ0v) is 9.25. The maximum atomic E-state index is 8.97. The molecule has 0 aromatic heterocycles. The number of rotatable bonds is 0. The summed E-state index contributed by atoms with van der Waals surface area (Å²) in [5.74, 6) is 0.